The van der Waals surface area contributed by atoms with Crippen LogP contribution in [0.15, 0.2) is 53.2 Å². The van der Waals surface area contributed by atoms with Crippen LogP contribution >= 0.6 is 11.6 Å². The Kier molecular flexibility index (Phi) is 4.49. The Bertz CT molecular complexity index is 936. The topological polar surface area (TPSA) is 91.0 Å². The van der Waals surface area contributed by atoms with Crippen molar-refractivity contribution in [2.45, 2.75) is 0 Å². The van der Waals surface area contributed by atoms with Gasteiger partial charge in [0.1, 0.15) is 5.75 Å². The molecule has 1 aliphatic heterocycles. The summed E-state index contributed by atoms with van der Waals surface area (Å²) in [7, 11) is 1.47. The second-order valence-electron chi connectivity index (χ2n) is 5.00. The van der Waals surface area contributed by atoms with Gasteiger partial charge in [0.2, 0.25) is 5.90 Å². The van der Waals surface area contributed by atoms with Crippen molar-refractivity contribution in [1.29, 1.82) is 0 Å². The Balaban J connectivity index is 2.05. The van der Waals surface area contributed by atoms with Gasteiger partial charge in [0.25, 0.3) is 5.69 Å². The quantitative estimate of drug-likeness (QED) is 0.360. The highest BCUT2D eigenvalue weighted by Gasteiger charge is 2.27. The van der Waals surface area contributed by atoms with Gasteiger partial charge in [-0.05, 0) is 30.3 Å². The molecular weight excluding hydrogens is 348 g/mol. The Morgan fingerprint density at radius 3 is 2.76 bits per heavy atom. The summed E-state index contributed by atoms with van der Waals surface area (Å²) in [6, 6.07) is 10.8. The number of nitrogens with zero attached hydrogens (tertiary/aromatic N) is 2. The van der Waals surface area contributed by atoms with Crippen LogP contribution < -0.4 is 4.74 Å². The number of rotatable bonds is 4. The van der Waals surface area contributed by atoms with E-state index in [9.17, 15) is 14.9 Å². The summed E-state index contributed by atoms with van der Waals surface area (Å²) in [5.74, 6) is -0.257. The molecule has 0 N–H and O–H groups in total. The Hall–Kier alpha value is -3.19. The molecule has 25 heavy (non-hydrogen) atoms. The van der Waals surface area contributed by atoms with Gasteiger partial charge in [0.15, 0.2) is 5.70 Å². The molecule has 0 bridgehead atoms. The molecule has 2 aromatic rings. The summed E-state index contributed by atoms with van der Waals surface area (Å²) in [6.45, 7) is 0. The van der Waals surface area contributed by atoms with E-state index in [4.69, 9.17) is 21.1 Å². The number of cyclic esters (lactones) is 1. The number of esters is 1. The molecule has 1 aliphatic rings. The van der Waals surface area contributed by atoms with E-state index in [1.54, 1.807) is 30.3 Å². The minimum Gasteiger partial charge on any atom is -0.496 e. The monoisotopic (exact) mass is 358 g/mol. The lowest BCUT2D eigenvalue weighted by Crippen LogP contribution is -2.07. The zero-order chi connectivity index (χ0) is 18.0. The molecular formula is C17H11ClN2O5. The van der Waals surface area contributed by atoms with Gasteiger partial charge < -0.3 is 9.47 Å². The number of carbonyl (C=O) groups is 1. The van der Waals surface area contributed by atoms with Crippen LogP contribution in [0.4, 0.5) is 5.69 Å². The largest absolute Gasteiger partial charge is 0.496 e. The molecule has 0 saturated carbocycles. The fourth-order valence-electron chi connectivity index (χ4n) is 2.29. The minimum atomic E-state index is -0.713. The summed E-state index contributed by atoms with van der Waals surface area (Å²) in [6.07, 6.45) is 1.31. The molecule has 0 saturated heterocycles. The number of hydrogen-bond donors (Lipinski definition) is 0. The minimum absolute atomic E-state index is 0.0224. The van der Waals surface area contributed by atoms with Crippen molar-refractivity contribution >= 4 is 35.2 Å². The molecule has 2 aromatic carbocycles. The van der Waals surface area contributed by atoms with Crippen molar-refractivity contribution in [1.82, 2.24) is 0 Å². The molecule has 0 radical (unpaired) electrons. The van der Waals surface area contributed by atoms with Gasteiger partial charge >= 0.3 is 5.97 Å². The normalized spacial score (nSPS) is 15.0. The van der Waals surface area contributed by atoms with Crippen LogP contribution in [0.25, 0.3) is 6.08 Å². The predicted molar refractivity (Wildman–Crippen MR) is 91.7 cm³/mol. The molecule has 0 atom stereocenters. The Morgan fingerprint density at radius 1 is 1.28 bits per heavy atom. The van der Waals surface area contributed by atoms with E-state index in [1.165, 1.54) is 25.3 Å². The molecule has 0 fully saturated rings. The van der Waals surface area contributed by atoms with Gasteiger partial charge in [-0.1, -0.05) is 23.7 Å². The van der Waals surface area contributed by atoms with E-state index < -0.39 is 10.9 Å². The Labute approximate surface area is 147 Å². The fraction of sp³-hybridized carbons (Fsp3) is 0.0588. The maximum Gasteiger partial charge on any atom is 0.363 e. The average Bonchev–Trinajstić information content (AvgIpc) is 2.96. The summed E-state index contributed by atoms with van der Waals surface area (Å²) in [4.78, 5) is 26.8. The maximum absolute atomic E-state index is 12.1. The number of nitro groups is 1. The highest BCUT2D eigenvalue weighted by molar-refractivity contribution is 6.31. The number of aliphatic imine (C=N–C) groups is 1. The van der Waals surface area contributed by atoms with Gasteiger partial charge in [0, 0.05) is 11.1 Å². The first-order valence-electron chi connectivity index (χ1n) is 7.09. The van der Waals surface area contributed by atoms with Crippen molar-refractivity contribution in [3.05, 3.63) is 74.4 Å². The summed E-state index contributed by atoms with van der Waals surface area (Å²) in [5.41, 5.74) is 0.481. The van der Waals surface area contributed by atoms with E-state index in [0.29, 0.717) is 16.3 Å². The van der Waals surface area contributed by atoms with Gasteiger partial charge in [0.05, 0.1) is 23.2 Å². The highest BCUT2D eigenvalue weighted by Crippen LogP contribution is 2.29. The first-order valence-corrected chi connectivity index (χ1v) is 7.47. The molecule has 0 spiro atoms. The van der Waals surface area contributed by atoms with Crippen molar-refractivity contribution in [2.24, 2.45) is 4.99 Å². The molecule has 0 aliphatic carbocycles. The van der Waals surface area contributed by atoms with Crippen molar-refractivity contribution in [3.8, 4) is 5.75 Å². The van der Waals surface area contributed by atoms with Crippen molar-refractivity contribution in [2.75, 3.05) is 7.11 Å². The van der Waals surface area contributed by atoms with E-state index >= 15 is 0 Å². The molecule has 0 aromatic heterocycles. The summed E-state index contributed by atoms with van der Waals surface area (Å²) < 4.78 is 10.4. The number of para-hydroxylation sites is 1. The van der Waals surface area contributed by atoms with Gasteiger partial charge in [-0.2, -0.15) is 0 Å². The molecule has 0 amide bonds. The first kappa shape index (κ1) is 16.7. The maximum atomic E-state index is 12.1. The molecule has 0 unspecified atom stereocenters. The molecule has 7 nitrogen and oxygen atoms in total. The lowest BCUT2D eigenvalue weighted by molar-refractivity contribution is -0.385. The van der Waals surface area contributed by atoms with Gasteiger partial charge in [-0.3, -0.25) is 10.1 Å². The van der Waals surface area contributed by atoms with Crippen LogP contribution in [-0.2, 0) is 9.53 Å². The van der Waals surface area contributed by atoms with Crippen LogP contribution in [0.5, 0.6) is 5.75 Å². The fourth-order valence-corrected chi connectivity index (χ4v) is 2.47. The second kappa shape index (κ2) is 6.74. The van der Waals surface area contributed by atoms with E-state index in [-0.39, 0.29) is 22.8 Å². The number of nitro benzene ring substituents is 1. The zero-order valence-electron chi connectivity index (χ0n) is 12.9. The van der Waals surface area contributed by atoms with E-state index in [0.717, 1.165) is 0 Å². The second-order valence-corrected chi connectivity index (χ2v) is 5.43. The lowest BCUT2D eigenvalue weighted by Gasteiger charge is -2.07. The van der Waals surface area contributed by atoms with Gasteiger partial charge in [-0.25, -0.2) is 9.79 Å². The van der Waals surface area contributed by atoms with Crippen molar-refractivity contribution < 1.29 is 19.2 Å². The predicted octanol–water partition coefficient (Wildman–Crippen LogP) is 3.60. The van der Waals surface area contributed by atoms with Crippen LogP contribution in [0.1, 0.15) is 11.1 Å². The number of hydrogen-bond acceptors (Lipinski definition) is 6. The van der Waals surface area contributed by atoms with Crippen molar-refractivity contribution in [3.63, 3.8) is 0 Å². The number of ether oxygens (including phenoxy) is 2. The van der Waals surface area contributed by atoms with Gasteiger partial charge in [-0.15, -0.1) is 0 Å². The SMILES string of the molecule is COc1ccc(Cl)cc1C1=N/C(=C\c2ccccc2[N+](=O)[O-])C(=O)O1. The molecule has 8 heteroatoms. The Morgan fingerprint density at radius 2 is 2.04 bits per heavy atom. The van der Waals surface area contributed by atoms with Crippen LogP contribution in [0, 0.1) is 10.1 Å². The number of methoxy groups -OCH3 is 1. The first-order chi connectivity index (χ1) is 12.0. The zero-order valence-corrected chi connectivity index (χ0v) is 13.7. The van der Waals surface area contributed by atoms with E-state index in [2.05, 4.69) is 4.99 Å². The van der Waals surface area contributed by atoms with Crippen LogP contribution in [0.2, 0.25) is 5.02 Å². The number of carbonyl (C=O) groups excluding carboxylic acids is 1. The van der Waals surface area contributed by atoms with Crippen LogP contribution in [-0.4, -0.2) is 23.9 Å². The third-order valence-corrected chi connectivity index (χ3v) is 3.67. The number of halogens is 1. The lowest BCUT2D eigenvalue weighted by atomic mass is 10.1. The summed E-state index contributed by atoms with van der Waals surface area (Å²) >= 11 is 5.97. The standard InChI is InChI=1S/C17H11ClN2O5/c1-24-15-7-6-11(18)9-12(15)16-19-13(17(21)25-16)8-10-4-2-3-5-14(10)20(22)23/h2-9H,1H3/b13-8-. The molecule has 126 valence electrons. The summed E-state index contributed by atoms with van der Waals surface area (Å²) in [5, 5.41) is 11.5. The highest BCUT2D eigenvalue weighted by atomic mass is 35.5. The third-order valence-electron chi connectivity index (χ3n) is 3.44. The van der Waals surface area contributed by atoms with Crippen LogP contribution in [0.3, 0.4) is 0 Å². The smallest absolute Gasteiger partial charge is 0.363 e. The number of benzene rings is 2. The van der Waals surface area contributed by atoms with E-state index in [1.807, 2.05) is 0 Å². The average molecular weight is 359 g/mol. The molecule has 1 heterocycles. The molecule has 3 rings (SSSR count). The third kappa shape index (κ3) is 3.36.